The Kier molecular flexibility index (Phi) is 5.58. The van der Waals surface area contributed by atoms with E-state index in [9.17, 15) is 9.59 Å². The van der Waals surface area contributed by atoms with Crippen molar-refractivity contribution in [1.82, 2.24) is 15.2 Å². The molecule has 2 aromatic heterocycles. The van der Waals surface area contributed by atoms with Gasteiger partial charge in [-0.05, 0) is 36.2 Å². The SMILES string of the molecule is CCC(=O)Nc1nc2ccc(NC(=O)c3cc(-c4ccc(CC)cc4)n[nH]3)cc2s1. The molecule has 0 saturated heterocycles. The number of nitrogens with one attached hydrogen (secondary N) is 3. The summed E-state index contributed by atoms with van der Waals surface area (Å²) in [7, 11) is 0. The average molecular weight is 420 g/mol. The number of carbonyl (C=O) groups is 2. The normalized spacial score (nSPS) is 10.9. The molecule has 0 aliphatic rings. The van der Waals surface area contributed by atoms with Gasteiger partial charge in [-0.1, -0.05) is 49.4 Å². The molecule has 4 aromatic rings. The molecule has 4 rings (SSSR count). The molecule has 2 aromatic carbocycles. The minimum atomic E-state index is -0.276. The van der Waals surface area contributed by atoms with E-state index in [4.69, 9.17) is 0 Å². The van der Waals surface area contributed by atoms with E-state index < -0.39 is 0 Å². The predicted octanol–water partition coefficient (Wildman–Crippen LogP) is 4.85. The molecule has 7 nitrogen and oxygen atoms in total. The first-order valence-corrected chi connectivity index (χ1v) is 10.5. The monoisotopic (exact) mass is 419 g/mol. The molecular formula is C22H21N5O2S. The lowest BCUT2D eigenvalue weighted by Gasteiger charge is -2.03. The third-order valence-corrected chi connectivity index (χ3v) is 5.63. The number of hydrogen-bond donors (Lipinski definition) is 3. The molecule has 0 fully saturated rings. The van der Waals surface area contributed by atoms with Crippen LogP contribution in [0.5, 0.6) is 0 Å². The van der Waals surface area contributed by atoms with E-state index in [1.54, 1.807) is 19.1 Å². The Morgan fingerprint density at radius 3 is 2.57 bits per heavy atom. The maximum Gasteiger partial charge on any atom is 0.273 e. The number of aromatic amines is 1. The Bertz CT molecular complexity index is 1210. The van der Waals surface area contributed by atoms with Crippen LogP contribution in [0.1, 0.15) is 36.3 Å². The van der Waals surface area contributed by atoms with Crippen LogP contribution in [0.4, 0.5) is 10.8 Å². The van der Waals surface area contributed by atoms with Crippen molar-refractivity contribution >= 4 is 44.2 Å². The largest absolute Gasteiger partial charge is 0.321 e. The Labute approximate surface area is 177 Å². The second-order valence-corrected chi connectivity index (χ2v) is 7.81. The van der Waals surface area contributed by atoms with Gasteiger partial charge in [-0.2, -0.15) is 5.10 Å². The van der Waals surface area contributed by atoms with Gasteiger partial charge < -0.3 is 10.6 Å². The molecule has 0 saturated carbocycles. The van der Waals surface area contributed by atoms with Crippen LogP contribution < -0.4 is 10.6 Å². The van der Waals surface area contributed by atoms with E-state index in [0.29, 0.717) is 22.9 Å². The van der Waals surface area contributed by atoms with Crippen LogP contribution in [0.25, 0.3) is 21.5 Å². The molecule has 0 aliphatic heterocycles. The quantitative estimate of drug-likeness (QED) is 0.416. The third kappa shape index (κ3) is 4.23. The first kappa shape index (κ1) is 19.8. The van der Waals surface area contributed by atoms with E-state index >= 15 is 0 Å². The van der Waals surface area contributed by atoms with Crippen molar-refractivity contribution in [1.29, 1.82) is 0 Å². The maximum atomic E-state index is 12.6. The summed E-state index contributed by atoms with van der Waals surface area (Å²) < 4.78 is 0.875. The second-order valence-electron chi connectivity index (χ2n) is 6.77. The number of carbonyl (C=O) groups excluding carboxylic acids is 2. The molecule has 0 unspecified atom stereocenters. The lowest BCUT2D eigenvalue weighted by atomic mass is 10.1. The maximum absolute atomic E-state index is 12.6. The molecule has 2 amide bonds. The molecule has 8 heteroatoms. The Morgan fingerprint density at radius 1 is 1.03 bits per heavy atom. The highest BCUT2D eigenvalue weighted by atomic mass is 32.1. The van der Waals surface area contributed by atoms with Gasteiger partial charge in [0.2, 0.25) is 5.91 Å². The molecule has 0 aliphatic carbocycles. The number of H-pyrrole nitrogens is 1. The van der Waals surface area contributed by atoms with Gasteiger partial charge in [-0.15, -0.1) is 0 Å². The van der Waals surface area contributed by atoms with E-state index in [0.717, 1.165) is 27.9 Å². The highest BCUT2D eigenvalue weighted by molar-refractivity contribution is 7.22. The van der Waals surface area contributed by atoms with Crippen LogP contribution >= 0.6 is 11.3 Å². The Balaban J connectivity index is 1.48. The minimum Gasteiger partial charge on any atom is -0.321 e. The Hall–Kier alpha value is -3.52. The van der Waals surface area contributed by atoms with Gasteiger partial charge in [-0.3, -0.25) is 14.7 Å². The summed E-state index contributed by atoms with van der Waals surface area (Å²) in [5.41, 5.74) is 4.72. The summed E-state index contributed by atoms with van der Waals surface area (Å²) in [4.78, 5) is 28.6. The highest BCUT2D eigenvalue weighted by Gasteiger charge is 2.13. The average Bonchev–Trinajstić information content (AvgIpc) is 3.40. The van der Waals surface area contributed by atoms with Gasteiger partial charge in [0, 0.05) is 17.7 Å². The number of aryl methyl sites for hydroxylation is 1. The summed E-state index contributed by atoms with van der Waals surface area (Å²) in [5, 5.41) is 13.2. The van der Waals surface area contributed by atoms with Crippen LogP contribution in [-0.4, -0.2) is 27.0 Å². The molecule has 152 valence electrons. The van der Waals surface area contributed by atoms with Gasteiger partial charge >= 0.3 is 0 Å². The highest BCUT2D eigenvalue weighted by Crippen LogP contribution is 2.29. The van der Waals surface area contributed by atoms with E-state index in [1.165, 1.54) is 16.9 Å². The third-order valence-electron chi connectivity index (χ3n) is 4.69. The summed E-state index contributed by atoms with van der Waals surface area (Å²) in [6.07, 6.45) is 1.37. The standard InChI is InChI=1S/C22H21N5O2S/c1-3-13-5-7-14(8-6-13)17-12-18(27-26-17)21(29)23-15-9-10-16-19(11-15)30-22(24-16)25-20(28)4-2/h5-12H,3-4H2,1-2H3,(H,23,29)(H,26,27)(H,24,25,28). The lowest BCUT2D eigenvalue weighted by molar-refractivity contribution is -0.115. The molecule has 0 radical (unpaired) electrons. The Morgan fingerprint density at radius 2 is 1.83 bits per heavy atom. The first-order valence-electron chi connectivity index (χ1n) is 9.72. The van der Waals surface area contributed by atoms with Crippen molar-refractivity contribution in [3.8, 4) is 11.3 Å². The van der Waals surface area contributed by atoms with E-state index in [1.807, 2.05) is 24.3 Å². The number of anilines is 2. The topological polar surface area (TPSA) is 99.8 Å². The second kappa shape index (κ2) is 8.46. The zero-order valence-corrected chi connectivity index (χ0v) is 17.5. The van der Waals surface area contributed by atoms with Gasteiger partial charge in [0.1, 0.15) is 5.69 Å². The summed E-state index contributed by atoms with van der Waals surface area (Å²) in [6.45, 7) is 3.90. The molecule has 0 bridgehead atoms. The lowest BCUT2D eigenvalue weighted by Crippen LogP contribution is -2.12. The van der Waals surface area contributed by atoms with Crippen molar-refractivity contribution in [3.63, 3.8) is 0 Å². The number of fused-ring (bicyclic) bond motifs is 1. The number of nitrogens with zero attached hydrogens (tertiary/aromatic N) is 2. The predicted molar refractivity (Wildman–Crippen MR) is 120 cm³/mol. The molecular weight excluding hydrogens is 398 g/mol. The van der Waals surface area contributed by atoms with Crippen molar-refractivity contribution in [3.05, 3.63) is 59.8 Å². The van der Waals surface area contributed by atoms with Crippen LogP contribution in [0.2, 0.25) is 0 Å². The molecule has 0 spiro atoms. The smallest absolute Gasteiger partial charge is 0.273 e. The summed E-state index contributed by atoms with van der Waals surface area (Å²) >= 11 is 1.37. The van der Waals surface area contributed by atoms with Gasteiger partial charge in [0.25, 0.3) is 5.91 Å². The van der Waals surface area contributed by atoms with Crippen LogP contribution in [0.3, 0.4) is 0 Å². The van der Waals surface area contributed by atoms with Crippen molar-refractivity contribution in [2.75, 3.05) is 10.6 Å². The number of hydrogen-bond acceptors (Lipinski definition) is 5. The van der Waals surface area contributed by atoms with Crippen molar-refractivity contribution < 1.29 is 9.59 Å². The zero-order valence-electron chi connectivity index (χ0n) is 16.7. The van der Waals surface area contributed by atoms with Gasteiger partial charge in [0.05, 0.1) is 15.9 Å². The van der Waals surface area contributed by atoms with E-state index in [2.05, 4.69) is 44.9 Å². The fourth-order valence-corrected chi connectivity index (χ4v) is 3.88. The van der Waals surface area contributed by atoms with Gasteiger partial charge in [-0.25, -0.2) is 4.98 Å². The number of rotatable bonds is 6. The van der Waals surface area contributed by atoms with Gasteiger partial charge in [0.15, 0.2) is 5.13 Å². The van der Waals surface area contributed by atoms with E-state index in [-0.39, 0.29) is 11.8 Å². The molecule has 3 N–H and O–H groups in total. The number of aromatic nitrogens is 3. The number of amides is 2. The fourth-order valence-electron chi connectivity index (χ4n) is 2.96. The summed E-state index contributed by atoms with van der Waals surface area (Å²) in [6, 6.07) is 15.3. The summed E-state index contributed by atoms with van der Waals surface area (Å²) in [5.74, 6) is -0.357. The number of benzene rings is 2. The zero-order chi connectivity index (χ0) is 21.1. The minimum absolute atomic E-state index is 0.0815. The van der Waals surface area contributed by atoms with Crippen LogP contribution in [-0.2, 0) is 11.2 Å². The van der Waals surface area contributed by atoms with Crippen LogP contribution in [0.15, 0.2) is 48.5 Å². The fraction of sp³-hybridized carbons (Fsp3) is 0.182. The molecule has 30 heavy (non-hydrogen) atoms. The molecule has 2 heterocycles. The first-order chi connectivity index (χ1) is 14.6. The van der Waals surface area contributed by atoms with Crippen LogP contribution in [0, 0.1) is 0 Å². The molecule has 0 atom stereocenters. The van der Waals surface area contributed by atoms with Crippen molar-refractivity contribution in [2.45, 2.75) is 26.7 Å². The van der Waals surface area contributed by atoms with Crippen molar-refractivity contribution in [2.24, 2.45) is 0 Å². The number of thiazole rings is 1.